The third-order valence-corrected chi connectivity index (χ3v) is 3.72. The van der Waals surface area contributed by atoms with Gasteiger partial charge in [0.05, 0.1) is 5.92 Å². The van der Waals surface area contributed by atoms with Crippen LogP contribution in [-0.4, -0.2) is 28.6 Å². The number of rotatable bonds is 4. The second-order valence-corrected chi connectivity index (χ2v) is 5.50. The van der Waals surface area contributed by atoms with Crippen LogP contribution in [0.4, 0.5) is 4.79 Å². The summed E-state index contributed by atoms with van der Waals surface area (Å²) in [5, 5.41) is 11.8. The largest absolute Gasteiger partial charge is 0.481 e. The second-order valence-electron chi connectivity index (χ2n) is 5.50. The molecule has 0 fully saturated rings. The number of nitrogens with zero attached hydrogens (tertiary/aromatic N) is 1. The molecular formula is C15H20N2O3. The van der Waals surface area contributed by atoms with E-state index in [1.165, 1.54) is 0 Å². The average molecular weight is 276 g/mol. The number of carboxylic acids is 1. The van der Waals surface area contributed by atoms with E-state index in [2.05, 4.69) is 5.32 Å². The van der Waals surface area contributed by atoms with Crippen molar-refractivity contribution in [1.82, 2.24) is 10.2 Å². The Morgan fingerprint density at radius 1 is 1.25 bits per heavy atom. The molecule has 0 aliphatic carbocycles. The lowest BCUT2D eigenvalue weighted by atomic mass is 9.96. The van der Waals surface area contributed by atoms with E-state index in [-0.39, 0.29) is 18.5 Å². The molecule has 1 unspecified atom stereocenters. The molecule has 1 aromatic rings. The van der Waals surface area contributed by atoms with Crippen LogP contribution in [0.25, 0.3) is 0 Å². The monoisotopic (exact) mass is 276 g/mol. The highest BCUT2D eigenvalue weighted by atomic mass is 16.4. The van der Waals surface area contributed by atoms with Gasteiger partial charge >= 0.3 is 12.0 Å². The van der Waals surface area contributed by atoms with Crippen molar-refractivity contribution in [1.29, 1.82) is 0 Å². The van der Waals surface area contributed by atoms with E-state index in [9.17, 15) is 9.59 Å². The molecular weight excluding hydrogens is 256 g/mol. The minimum absolute atomic E-state index is 0.0106. The number of fused-ring (bicyclic) bond motifs is 1. The summed E-state index contributed by atoms with van der Waals surface area (Å²) in [5.41, 5.74) is 2.31. The van der Waals surface area contributed by atoms with Gasteiger partial charge in [-0.1, -0.05) is 38.1 Å². The van der Waals surface area contributed by atoms with Crippen molar-refractivity contribution in [2.75, 3.05) is 6.54 Å². The SMILES string of the molecule is CC(C)C(CNC(=O)N1Cc2ccccc2C1)C(=O)O. The van der Waals surface area contributed by atoms with Crippen molar-refractivity contribution in [2.45, 2.75) is 26.9 Å². The predicted molar refractivity (Wildman–Crippen MR) is 75.1 cm³/mol. The summed E-state index contributed by atoms with van der Waals surface area (Å²) in [6.07, 6.45) is 0. The van der Waals surface area contributed by atoms with Crippen molar-refractivity contribution in [2.24, 2.45) is 11.8 Å². The van der Waals surface area contributed by atoms with Crippen LogP contribution in [0.2, 0.25) is 0 Å². The summed E-state index contributed by atoms with van der Waals surface area (Å²) in [6, 6.07) is 7.74. The van der Waals surface area contributed by atoms with Crippen LogP contribution in [-0.2, 0) is 17.9 Å². The number of benzene rings is 1. The van der Waals surface area contributed by atoms with Crippen molar-refractivity contribution in [3.8, 4) is 0 Å². The number of hydrogen-bond acceptors (Lipinski definition) is 2. The molecule has 5 nitrogen and oxygen atoms in total. The topological polar surface area (TPSA) is 69.6 Å². The fraction of sp³-hybridized carbons (Fsp3) is 0.467. The molecule has 0 saturated carbocycles. The maximum absolute atomic E-state index is 12.1. The quantitative estimate of drug-likeness (QED) is 0.884. The number of carbonyl (C=O) groups excluding carboxylic acids is 1. The van der Waals surface area contributed by atoms with Gasteiger partial charge < -0.3 is 15.3 Å². The van der Waals surface area contributed by atoms with E-state index in [1.54, 1.807) is 4.90 Å². The number of aliphatic carboxylic acids is 1. The van der Waals surface area contributed by atoms with Gasteiger partial charge in [-0.25, -0.2) is 4.79 Å². The minimum atomic E-state index is -0.870. The third-order valence-electron chi connectivity index (χ3n) is 3.72. The van der Waals surface area contributed by atoms with Crippen LogP contribution in [0.5, 0.6) is 0 Å². The molecule has 108 valence electrons. The van der Waals surface area contributed by atoms with Crippen molar-refractivity contribution in [3.63, 3.8) is 0 Å². The van der Waals surface area contributed by atoms with E-state index in [0.717, 1.165) is 11.1 Å². The van der Waals surface area contributed by atoms with Crippen LogP contribution in [0.15, 0.2) is 24.3 Å². The van der Waals surface area contributed by atoms with Gasteiger partial charge in [-0.15, -0.1) is 0 Å². The van der Waals surface area contributed by atoms with Gasteiger partial charge in [0.2, 0.25) is 0 Å². The van der Waals surface area contributed by atoms with Gasteiger partial charge in [0.1, 0.15) is 0 Å². The zero-order valence-corrected chi connectivity index (χ0v) is 11.8. The molecule has 0 saturated heterocycles. The highest BCUT2D eigenvalue weighted by Gasteiger charge is 2.26. The predicted octanol–water partition coefficient (Wildman–Crippen LogP) is 2.07. The molecule has 0 spiro atoms. The fourth-order valence-electron chi connectivity index (χ4n) is 2.39. The van der Waals surface area contributed by atoms with Gasteiger partial charge in [-0.2, -0.15) is 0 Å². The average Bonchev–Trinajstić information content (AvgIpc) is 2.81. The van der Waals surface area contributed by atoms with Gasteiger partial charge in [-0.3, -0.25) is 4.79 Å². The van der Waals surface area contributed by atoms with E-state index in [0.29, 0.717) is 13.1 Å². The van der Waals surface area contributed by atoms with E-state index in [4.69, 9.17) is 5.11 Å². The zero-order chi connectivity index (χ0) is 14.7. The number of carbonyl (C=O) groups is 2. The Morgan fingerprint density at radius 2 is 1.80 bits per heavy atom. The molecule has 0 aromatic heterocycles. The Kier molecular flexibility index (Phi) is 4.27. The molecule has 2 amide bonds. The first-order valence-corrected chi connectivity index (χ1v) is 6.81. The summed E-state index contributed by atoms with van der Waals surface area (Å²) in [5.74, 6) is -1.43. The van der Waals surface area contributed by atoms with Crippen LogP contribution in [0, 0.1) is 11.8 Å². The smallest absolute Gasteiger partial charge is 0.318 e. The Labute approximate surface area is 118 Å². The number of urea groups is 1. The molecule has 1 aliphatic rings. The Bertz CT molecular complexity index is 489. The minimum Gasteiger partial charge on any atom is -0.481 e. The molecule has 1 heterocycles. The van der Waals surface area contributed by atoms with Gasteiger partial charge in [0, 0.05) is 19.6 Å². The highest BCUT2D eigenvalue weighted by molar-refractivity contribution is 5.76. The molecule has 2 N–H and O–H groups in total. The number of carboxylic acid groups (broad SMARTS) is 1. The first-order chi connectivity index (χ1) is 9.49. The van der Waals surface area contributed by atoms with Gasteiger partial charge in [-0.05, 0) is 17.0 Å². The number of amides is 2. The summed E-state index contributed by atoms with van der Waals surface area (Å²) in [7, 11) is 0. The lowest BCUT2D eigenvalue weighted by Crippen LogP contribution is -2.41. The summed E-state index contributed by atoms with van der Waals surface area (Å²) in [6.45, 7) is 5.02. The van der Waals surface area contributed by atoms with Crippen LogP contribution < -0.4 is 5.32 Å². The Hall–Kier alpha value is -2.04. The third kappa shape index (κ3) is 3.10. The first-order valence-electron chi connectivity index (χ1n) is 6.81. The lowest BCUT2D eigenvalue weighted by molar-refractivity contribution is -0.142. The molecule has 20 heavy (non-hydrogen) atoms. The lowest BCUT2D eigenvalue weighted by Gasteiger charge is -2.20. The summed E-state index contributed by atoms with van der Waals surface area (Å²) < 4.78 is 0. The molecule has 0 radical (unpaired) electrons. The highest BCUT2D eigenvalue weighted by Crippen LogP contribution is 2.22. The van der Waals surface area contributed by atoms with E-state index < -0.39 is 11.9 Å². The standard InChI is InChI=1S/C15H20N2O3/c1-10(2)13(14(18)19)7-16-15(20)17-8-11-5-3-4-6-12(11)9-17/h3-6,10,13H,7-9H2,1-2H3,(H,16,20)(H,18,19). The summed E-state index contributed by atoms with van der Waals surface area (Å²) >= 11 is 0. The van der Waals surface area contributed by atoms with Gasteiger partial charge in [0.25, 0.3) is 0 Å². The van der Waals surface area contributed by atoms with Crippen LogP contribution >= 0.6 is 0 Å². The summed E-state index contributed by atoms with van der Waals surface area (Å²) in [4.78, 5) is 24.9. The second kappa shape index (κ2) is 5.94. The molecule has 1 atom stereocenters. The molecule has 1 aliphatic heterocycles. The van der Waals surface area contributed by atoms with Gasteiger partial charge in [0.15, 0.2) is 0 Å². The normalized spacial score (nSPS) is 15.1. The number of nitrogens with one attached hydrogen (secondary N) is 1. The Morgan fingerprint density at radius 3 is 2.25 bits per heavy atom. The van der Waals surface area contributed by atoms with Crippen LogP contribution in [0.3, 0.4) is 0 Å². The molecule has 0 bridgehead atoms. The first kappa shape index (κ1) is 14.4. The van der Waals surface area contributed by atoms with Crippen molar-refractivity contribution < 1.29 is 14.7 Å². The fourth-order valence-corrected chi connectivity index (χ4v) is 2.39. The van der Waals surface area contributed by atoms with Crippen LogP contribution in [0.1, 0.15) is 25.0 Å². The van der Waals surface area contributed by atoms with Crippen molar-refractivity contribution in [3.05, 3.63) is 35.4 Å². The zero-order valence-electron chi connectivity index (χ0n) is 11.8. The maximum Gasteiger partial charge on any atom is 0.318 e. The molecule has 1 aromatic carbocycles. The number of hydrogen-bond donors (Lipinski definition) is 2. The van der Waals surface area contributed by atoms with Crippen molar-refractivity contribution >= 4 is 12.0 Å². The maximum atomic E-state index is 12.1. The Balaban J connectivity index is 1.90. The molecule has 5 heteroatoms. The van der Waals surface area contributed by atoms with E-state index in [1.807, 2.05) is 38.1 Å². The van der Waals surface area contributed by atoms with E-state index >= 15 is 0 Å². The molecule has 2 rings (SSSR count).